The maximum Gasteiger partial charge on any atom is 0.310 e. The largest absolute Gasteiger partial charge is 0.455 e. The zero-order valence-corrected chi connectivity index (χ0v) is 19.4. The van der Waals surface area contributed by atoms with Crippen LogP contribution < -0.4 is 0 Å². The second-order valence-corrected chi connectivity index (χ2v) is 8.65. The van der Waals surface area contributed by atoms with E-state index in [0.717, 1.165) is 28.9 Å². The molecule has 1 aliphatic heterocycles. The van der Waals surface area contributed by atoms with Crippen LogP contribution in [0, 0.1) is 13.8 Å². The topological polar surface area (TPSA) is 64.4 Å². The summed E-state index contributed by atoms with van der Waals surface area (Å²) in [6.07, 6.45) is 0.844. The van der Waals surface area contributed by atoms with Gasteiger partial charge in [-0.1, -0.05) is 47.5 Å². The van der Waals surface area contributed by atoms with Crippen LogP contribution in [0.4, 0.5) is 0 Å². The fraction of sp³-hybridized carbons (Fsp3) is 0.292. The molecule has 3 aromatic rings. The highest BCUT2D eigenvalue weighted by Gasteiger charge is 2.22. The van der Waals surface area contributed by atoms with Gasteiger partial charge in [-0.05, 0) is 49.6 Å². The fourth-order valence-corrected chi connectivity index (χ4v) is 4.23. The summed E-state index contributed by atoms with van der Waals surface area (Å²) in [5, 5.41) is 5.41. The van der Waals surface area contributed by atoms with Crippen LogP contribution in [0.2, 0.25) is 10.0 Å². The Labute approximate surface area is 196 Å². The molecular weight excluding hydrogens is 449 g/mol. The number of nitrogens with zero attached hydrogens (tertiary/aromatic N) is 3. The molecule has 0 saturated heterocycles. The van der Waals surface area contributed by atoms with Crippen molar-refractivity contribution in [3.05, 3.63) is 80.6 Å². The highest BCUT2D eigenvalue weighted by atomic mass is 35.5. The summed E-state index contributed by atoms with van der Waals surface area (Å²) in [5.74, 6) is -0.650. The smallest absolute Gasteiger partial charge is 0.310 e. The van der Waals surface area contributed by atoms with E-state index in [1.807, 2.05) is 38.1 Å². The molecule has 2 aromatic carbocycles. The number of carbonyl (C=O) groups is 2. The summed E-state index contributed by atoms with van der Waals surface area (Å²) in [6.45, 7) is 4.62. The van der Waals surface area contributed by atoms with E-state index in [0.29, 0.717) is 28.8 Å². The third-order valence-electron chi connectivity index (χ3n) is 5.75. The molecule has 1 aliphatic rings. The van der Waals surface area contributed by atoms with E-state index >= 15 is 0 Å². The number of hydrogen-bond acceptors (Lipinski definition) is 4. The predicted octanol–water partition coefficient (Wildman–Crippen LogP) is 4.47. The lowest BCUT2D eigenvalue weighted by molar-refractivity contribution is -0.151. The molecule has 0 unspecified atom stereocenters. The number of aromatic nitrogens is 2. The Morgan fingerprint density at radius 3 is 2.56 bits per heavy atom. The number of halogens is 2. The zero-order chi connectivity index (χ0) is 22.8. The van der Waals surface area contributed by atoms with Gasteiger partial charge in [-0.25, -0.2) is 4.68 Å². The van der Waals surface area contributed by atoms with Crippen LogP contribution in [-0.2, 0) is 33.7 Å². The Morgan fingerprint density at radius 1 is 1.06 bits per heavy atom. The van der Waals surface area contributed by atoms with Crippen molar-refractivity contribution in [3.8, 4) is 5.69 Å². The van der Waals surface area contributed by atoms with Gasteiger partial charge >= 0.3 is 5.97 Å². The third-order valence-corrected chi connectivity index (χ3v) is 6.49. The van der Waals surface area contributed by atoms with Crippen LogP contribution in [-0.4, -0.2) is 39.7 Å². The van der Waals surface area contributed by atoms with Gasteiger partial charge in [-0.2, -0.15) is 5.10 Å². The van der Waals surface area contributed by atoms with E-state index in [1.165, 1.54) is 5.56 Å². The Balaban J connectivity index is 1.38. The molecule has 0 aliphatic carbocycles. The molecule has 4 rings (SSSR count). The number of amides is 1. The van der Waals surface area contributed by atoms with Crippen molar-refractivity contribution in [1.29, 1.82) is 0 Å². The molecule has 8 heteroatoms. The van der Waals surface area contributed by atoms with Crippen LogP contribution in [0.1, 0.15) is 28.1 Å². The van der Waals surface area contributed by atoms with Crippen molar-refractivity contribution in [3.63, 3.8) is 0 Å². The maximum atomic E-state index is 12.6. The first kappa shape index (κ1) is 22.4. The van der Waals surface area contributed by atoms with Crippen molar-refractivity contribution in [2.24, 2.45) is 0 Å². The third kappa shape index (κ3) is 4.66. The molecule has 0 saturated carbocycles. The summed E-state index contributed by atoms with van der Waals surface area (Å²) in [7, 11) is 0. The van der Waals surface area contributed by atoms with Crippen LogP contribution in [0.15, 0.2) is 42.5 Å². The van der Waals surface area contributed by atoms with Gasteiger partial charge in [-0.15, -0.1) is 0 Å². The number of fused-ring (bicyclic) bond motifs is 1. The van der Waals surface area contributed by atoms with Gasteiger partial charge in [0.25, 0.3) is 5.91 Å². The van der Waals surface area contributed by atoms with Crippen molar-refractivity contribution in [2.75, 3.05) is 13.2 Å². The number of esters is 1. The summed E-state index contributed by atoms with van der Waals surface area (Å²) in [6, 6.07) is 13.3. The minimum absolute atomic E-state index is 0.0368. The summed E-state index contributed by atoms with van der Waals surface area (Å²) < 4.78 is 7.02. The number of aryl methyl sites for hydroxylation is 1. The number of hydrogen-bond donors (Lipinski definition) is 0. The minimum atomic E-state index is -0.462. The van der Waals surface area contributed by atoms with Crippen LogP contribution in [0.3, 0.4) is 0 Å². The van der Waals surface area contributed by atoms with E-state index in [-0.39, 0.29) is 18.9 Å². The van der Waals surface area contributed by atoms with Gasteiger partial charge in [0.1, 0.15) is 0 Å². The minimum Gasteiger partial charge on any atom is -0.455 e. The number of benzene rings is 2. The SMILES string of the molecule is Cc1nn(-c2ccc(Cl)c(Cl)c2)c(C)c1CC(=O)OCC(=O)N1CCc2ccccc2C1. The van der Waals surface area contributed by atoms with Crippen molar-refractivity contribution in [2.45, 2.75) is 33.2 Å². The first-order valence-corrected chi connectivity index (χ1v) is 11.1. The van der Waals surface area contributed by atoms with E-state index in [4.69, 9.17) is 27.9 Å². The molecule has 1 amide bonds. The Morgan fingerprint density at radius 2 is 1.81 bits per heavy atom. The molecular formula is C24H23Cl2N3O3. The molecule has 1 aromatic heterocycles. The number of rotatable bonds is 5. The standard InChI is InChI=1S/C24H23Cl2N3O3/c1-15-20(16(2)29(27-15)19-7-8-21(25)22(26)11-19)12-24(31)32-14-23(30)28-10-9-17-5-3-4-6-18(17)13-28/h3-8,11H,9-10,12-14H2,1-2H3. The lowest BCUT2D eigenvalue weighted by Gasteiger charge is -2.28. The van der Waals surface area contributed by atoms with Crippen LogP contribution in [0.5, 0.6) is 0 Å². The second kappa shape index (κ2) is 9.35. The Kier molecular flexibility index (Phi) is 6.53. The fourth-order valence-electron chi connectivity index (χ4n) is 3.94. The van der Waals surface area contributed by atoms with Crippen LogP contribution in [0.25, 0.3) is 5.69 Å². The van der Waals surface area contributed by atoms with E-state index in [1.54, 1.807) is 21.7 Å². The summed E-state index contributed by atoms with van der Waals surface area (Å²) in [5.41, 5.74) is 5.43. The van der Waals surface area contributed by atoms with Gasteiger partial charge in [0, 0.05) is 24.3 Å². The molecule has 0 N–H and O–H groups in total. The zero-order valence-electron chi connectivity index (χ0n) is 17.9. The van der Waals surface area contributed by atoms with E-state index in [2.05, 4.69) is 11.2 Å². The lowest BCUT2D eigenvalue weighted by atomic mass is 10.00. The van der Waals surface area contributed by atoms with E-state index < -0.39 is 5.97 Å². The first-order valence-electron chi connectivity index (χ1n) is 10.3. The van der Waals surface area contributed by atoms with Gasteiger partial charge < -0.3 is 9.64 Å². The molecule has 0 fully saturated rings. The first-order chi connectivity index (χ1) is 15.3. The predicted molar refractivity (Wildman–Crippen MR) is 123 cm³/mol. The van der Waals surface area contributed by atoms with Gasteiger partial charge in [0.2, 0.25) is 0 Å². The number of carbonyl (C=O) groups excluding carboxylic acids is 2. The van der Waals surface area contributed by atoms with Gasteiger partial charge in [-0.3, -0.25) is 9.59 Å². The van der Waals surface area contributed by atoms with Crippen molar-refractivity contribution in [1.82, 2.24) is 14.7 Å². The summed E-state index contributed by atoms with van der Waals surface area (Å²) >= 11 is 12.1. The van der Waals surface area contributed by atoms with Gasteiger partial charge in [0.05, 0.1) is 27.8 Å². The molecule has 0 spiro atoms. The van der Waals surface area contributed by atoms with E-state index in [9.17, 15) is 9.59 Å². The second-order valence-electron chi connectivity index (χ2n) is 7.83. The quantitative estimate of drug-likeness (QED) is 0.515. The summed E-state index contributed by atoms with van der Waals surface area (Å²) in [4.78, 5) is 26.8. The average molecular weight is 472 g/mol. The molecule has 0 atom stereocenters. The maximum absolute atomic E-state index is 12.6. The van der Waals surface area contributed by atoms with Crippen molar-refractivity contribution >= 4 is 35.1 Å². The normalized spacial score (nSPS) is 13.1. The highest BCUT2D eigenvalue weighted by molar-refractivity contribution is 6.42. The van der Waals surface area contributed by atoms with Crippen molar-refractivity contribution < 1.29 is 14.3 Å². The lowest BCUT2D eigenvalue weighted by Crippen LogP contribution is -2.38. The highest BCUT2D eigenvalue weighted by Crippen LogP contribution is 2.26. The Hall–Kier alpha value is -2.83. The van der Waals surface area contributed by atoms with Crippen LogP contribution >= 0.6 is 23.2 Å². The number of ether oxygens (including phenoxy) is 1. The monoisotopic (exact) mass is 471 g/mol. The molecule has 0 bridgehead atoms. The Bertz CT molecular complexity index is 1190. The molecule has 166 valence electrons. The molecule has 0 radical (unpaired) electrons. The molecule has 6 nitrogen and oxygen atoms in total. The molecule has 32 heavy (non-hydrogen) atoms. The van der Waals surface area contributed by atoms with Gasteiger partial charge in [0.15, 0.2) is 6.61 Å². The molecule has 2 heterocycles. The average Bonchev–Trinajstić information content (AvgIpc) is 3.07.